The van der Waals surface area contributed by atoms with Gasteiger partial charge in [0.1, 0.15) is 6.10 Å². The highest BCUT2D eigenvalue weighted by Crippen LogP contribution is 2.40. The van der Waals surface area contributed by atoms with Crippen LogP contribution in [0.4, 0.5) is 0 Å². The number of ketones is 1. The summed E-state index contributed by atoms with van der Waals surface area (Å²) in [6.45, 7) is 12.7. The normalized spacial score (nSPS) is 35.9. The van der Waals surface area contributed by atoms with E-state index in [1.54, 1.807) is 6.08 Å². The summed E-state index contributed by atoms with van der Waals surface area (Å²) in [6, 6.07) is 0. The van der Waals surface area contributed by atoms with Gasteiger partial charge in [0.2, 0.25) is 0 Å². The van der Waals surface area contributed by atoms with Gasteiger partial charge in [-0.3, -0.25) is 9.59 Å². The van der Waals surface area contributed by atoms with Crippen LogP contribution in [0.5, 0.6) is 0 Å². The molecular weight excluding hydrogens is 380 g/mol. The first-order valence-corrected chi connectivity index (χ1v) is 9.24. The quantitative estimate of drug-likeness (QED) is 0.425. The zero-order chi connectivity index (χ0) is 22.1. The third-order valence-electron chi connectivity index (χ3n) is 5.09. The van der Waals surface area contributed by atoms with Crippen LogP contribution in [-0.2, 0) is 33.4 Å². The average molecular weight is 406 g/mol. The Morgan fingerprint density at radius 3 is 2.45 bits per heavy atom. The summed E-state index contributed by atoms with van der Waals surface area (Å²) in [5, 5.41) is 11.0. The minimum absolute atomic E-state index is 0.00618. The van der Waals surface area contributed by atoms with Gasteiger partial charge in [-0.1, -0.05) is 26.2 Å². The van der Waals surface area contributed by atoms with E-state index in [2.05, 4.69) is 13.2 Å². The molecule has 1 fully saturated rings. The third kappa shape index (κ3) is 4.64. The minimum Gasteiger partial charge on any atom is -0.458 e. The van der Waals surface area contributed by atoms with Crippen molar-refractivity contribution in [2.75, 3.05) is 0 Å². The first-order chi connectivity index (χ1) is 13.4. The average Bonchev–Trinajstić information content (AvgIpc) is 2.88. The van der Waals surface area contributed by atoms with Gasteiger partial charge in [-0.05, 0) is 32.3 Å². The number of hydrogen-bond donors (Lipinski definition) is 1. The topological polar surface area (TPSA) is 116 Å². The van der Waals surface area contributed by atoms with Gasteiger partial charge in [-0.25, -0.2) is 9.59 Å². The molecule has 8 heteroatoms. The van der Waals surface area contributed by atoms with Gasteiger partial charge in [-0.2, -0.15) is 0 Å². The van der Waals surface area contributed by atoms with Gasteiger partial charge >= 0.3 is 17.9 Å². The predicted molar refractivity (Wildman–Crippen MR) is 101 cm³/mol. The minimum atomic E-state index is -2.24. The van der Waals surface area contributed by atoms with E-state index in [1.807, 2.05) is 6.92 Å². The van der Waals surface area contributed by atoms with Crippen molar-refractivity contribution in [3.05, 3.63) is 36.5 Å². The van der Waals surface area contributed by atoms with E-state index in [0.29, 0.717) is 6.42 Å². The number of carbonyl (C=O) groups is 4. The molecule has 0 bridgehead atoms. The zero-order valence-corrected chi connectivity index (χ0v) is 17.0. The SMILES string of the molecule is C=C(C)C(=O)O[C@H]1[C@H]2C(=C)C(=O)O[C@@H]2C[C@@H](C)/C=C\C(=O)[C@](C)(O)[C@@H]1OC(C)=O. The van der Waals surface area contributed by atoms with E-state index in [0.717, 1.165) is 13.8 Å². The van der Waals surface area contributed by atoms with Crippen LogP contribution in [0, 0.1) is 11.8 Å². The molecule has 29 heavy (non-hydrogen) atoms. The molecule has 1 aliphatic carbocycles. The van der Waals surface area contributed by atoms with Crippen LogP contribution >= 0.6 is 0 Å². The molecule has 0 spiro atoms. The van der Waals surface area contributed by atoms with Crippen molar-refractivity contribution in [1.29, 1.82) is 0 Å². The van der Waals surface area contributed by atoms with E-state index in [9.17, 15) is 24.3 Å². The van der Waals surface area contributed by atoms with Crippen LogP contribution in [0.3, 0.4) is 0 Å². The van der Waals surface area contributed by atoms with Crippen molar-refractivity contribution in [2.45, 2.75) is 58.0 Å². The van der Waals surface area contributed by atoms with Gasteiger partial charge in [0, 0.05) is 18.1 Å². The lowest BCUT2D eigenvalue weighted by Gasteiger charge is -2.39. The van der Waals surface area contributed by atoms with Crippen molar-refractivity contribution in [3.63, 3.8) is 0 Å². The maximum atomic E-state index is 12.7. The van der Waals surface area contributed by atoms with Crippen molar-refractivity contribution in [1.82, 2.24) is 0 Å². The number of aliphatic hydroxyl groups is 1. The van der Waals surface area contributed by atoms with E-state index in [-0.39, 0.29) is 17.1 Å². The van der Waals surface area contributed by atoms with E-state index in [4.69, 9.17) is 14.2 Å². The molecule has 2 rings (SSSR count). The van der Waals surface area contributed by atoms with Crippen molar-refractivity contribution >= 4 is 23.7 Å². The zero-order valence-electron chi connectivity index (χ0n) is 17.0. The summed E-state index contributed by atoms with van der Waals surface area (Å²) < 4.78 is 16.2. The summed E-state index contributed by atoms with van der Waals surface area (Å²) in [6.07, 6.45) is -0.676. The van der Waals surface area contributed by atoms with Gasteiger partial charge in [-0.15, -0.1) is 0 Å². The van der Waals surface area contributed by atoms with Gasteiger partial charge in [0.25, 0.3) is 0 Å². The summed E-state index contributed by atoms with van der Waals surface area (Å²) in [5.74, 6) is -4.17. The van der Waals surface area contributed by atoms with Gasteiger partial charge in [0.15, 0.2) is 23.6 Å². The van der Waals surface area contributed by atoms with E-state index >= 15 is 0 Å². The number of fused-ring (bicyclic) bond motifs is 1. The highest BCUT2D eigenvalue weighted by atomic mass is 16.6. The van der Waals surface area contributed by atoms with Crippen molar-refractivity contribution in [3.8, 4) is 0 Å². The third-order valence-corrected chi connectivity index (χ3v) is 5.09. The molecule has 0 aromatic carbocycles. The fourth-order valence-electron chi connectivity index (χ4n) is 3.49. The Balaban J connectivity index is 2.67. The lowest BCUT2D eigenvalue weighted by atomic mass is 9.77. The molecule has 8 nitrogen and oxygen atoms in total. The highest BCUT2D eigenvalue weighted by Gasteiger charge is 2.55. The summed E-state index contributed by atoms with van der Waals surface area (Å²) >= 11 is 0. The van der Waals surface area contributed by atoms with Crippen LogP contribution < -0.4 is 0 Å². The molecular formula is C21H26O8. The Labute approximate surface area is 169 Å². The van der Waals surface area contributed by atoms with Crippen LogP contribution in [-0.4, -0.2) is 52.7 Å². The number of esters is 3. The van der Waals surface area contributed by atoms with Crippen LogP contribution in [0.1, 0.15) is 34.1 Å². The monoisotopic (exact) mass is 406 g/mol. The van der Waals surface area contributed by atoms with E-state index < -0.39 is 53.5 Å². The van der Waals surface area contributed by atoms with Crippen LogP contribution in [0.25, 0.3) is 0 Å². The number of ether oxygens (including phenoxy) is 3. The van der Waals surface area contributed by atoms with E-state index in [1.165, 1.54) is 13.0 Å². The molecule has 0 saturated carbocycles. The second kappa shape index (κ2) is 8.32. The largest absolute Gasteiger partial charge is 0.458 e. The Hall–Kier alpha value is -2.74. The first-order valence-electron chi connectivity index (χ1n) is 9.24. The summed E-state index contributed by atoms with van der Waals surface area (Å²) in [4.78, 5) is 49.0. The number of carbonyl (C=O) groups excluding carboxylic acids is 4. The maximum absolute atomic E-state index is 12.7. The Morgan fingerprint density at radius 1 is 1.28 bits per heavy atom. The van der Waals surface area contributed by atoms with Crippen molar-refractivity contribution < 1.29 is 38.5 Å². The van der Waals surface area contributed by atoms with Gasteiger partial charge in [0.05, 0.1) is 5.92 Å². The van der Waals surface area contributed by atoms with Gasteiger partial charge < -0.3 is 19.3 Å². The second-order valence-corrected chi connectivity index (χ2v) is 7.76. The molecule has 0 aromatic heterocycles. The van der Waals surface area contributed by atoms with Crippen molar-refractivity contribution in [2.24, 2.45) is 11.8 Å². The summed E-state index contributed by atoms with van der Waals surface area (Å²) in [7, 11) is 0. The molecule has 1 N–H and O–H groups in total. The Bertz CT molecular complexity index is 791. The second-order valence-electron chi connectivity index (χ2n) is 7.76. The number of allylic oxidation sites excluding steroid dienone is 1. The van der Waals surface area contributed by atoms with Crippen LogP contribution in [0.15, 0.2) is 36.5 Å². The predicted octanol–water partition coefficient (Wildman–Crippen LogP) is 1.42. The molecule has 0 amide bonds. The Kier molecular flexibility index (Phi) is 6.47. The molecule has 2 aliphatic rings. The fraction of sp³-hybridized carbons (Fsp3) is 0.524. The molecule has 0 radical (unpaired) electrons. The fourth-order valence-corrected chi connectivity index (χ4v) is 3.49. The standard InChI is InChI=1S/C21H26O8/c1-10(2)19(24)29-17-16-12(4)20(25)28-14(16)9-11(3)7-8-15(23)21(6,26)18(17)27-13(5)22/h7-8,11,14,16-18,26H,1,4,9H2,2-3,5-6H3/b8-7-/t11-,14+,16-,17-,18+,21-/m0/s1. The molecule has 158 valence electrons. The molecule has 1 saturated heterocycles. The molecule has 1 heterocycles. The summed E-state index contributed by atoms with van der Waals surface area (Å²) in [5.41, 5.74) is -2.18. The first kappa shape index (κ1) is 22.5. The highest BCUT2D eigenvalue weighted by molar-refractivity contribution is 5.98. The Morgan fingerprint density at radius 2 is 1.90 bits per heavy atom. The lowest BCUT2D eigenvalue weighted by molar-refractivity contribution is -0.194. The maximum Gasteiger partial charge on any atom is 0.334 e. The smallest absolute Gasteiger partial charge is 0.334 e. The number of rotatable bonds is 3. The molecule has 6 atom stereocenters. The lowest BCUT2D eigenvalue weighted by Crippen LogP contribution is -2.58. The molecule has 0 aromatic rings. The number of hydrogen-bond acceptors (Lipinski definition) is 8. The molecule has 0 unspecified atom stereocenters. The van der Waals surface area contributed by atoms with Crippen LogP contribution in [0.2, 0.25) is 0 Å². The molecule has 1 aliphatic heterocycles.